The number of likely N-dealkylation sites (N-methyl/N-ethyl adjacent to an activating group) is 1. The molecule has 0 aliphatic carbocycles. The van der Waals surface area contributed by atoms with Gasteiger partial charge in [-0.2, -0.15) is 0 Å². The molecule has 0 aliphatic heterocycles. The number of hydrogen-bond donors (Lipinski definition) is 1. The second kappa shape index (κ2) is 4.95. The van der Waals surface area contributed by atoms with Crippen LogP contribution in [0, 0.1) is 11.6 Å². The van der Waals surface area contributed by atoms with Crippen molar-refractivity contribution in [3.05, 3.63) is 41.5 Å². The Labute approximate surface area is 98.0 Å². The number of carbonyl (C=O) groups is 1. The minimum atomic E-state index is -1.49. The van der Waals surface area contributed by atoms with Crippen molar-refractivity contribution in [1.29, 1.82) is 0 Å². The van der Waals surface area contributed by atoms with Crippen LogP contribution in [0.1, 0.15) is 17.3 Å². The maximum atomic E-state index is 13.6. The topological polar surface area (TPSA) is 40.5 Å². The van der Waals surface area contributed by atoms with Crippen LogP contribution in [0.15, 0.2) is 24.3 Å². The number of nitrogens with zero attached hydrogens (tertiary/aromatic N) is 1. The molecule has 0 fully saturated rings. The van der Waals surface area contributed by atoms with E-state index in [-0.39, 0.29) is 5.69 Å². The highest BCUT2D eigenvalue weighted by Gasteiger charge is 2.19. The van der Waals surface area contributed by atoms with Crippen LogP contribution in [-0.4, -0.2) is 24.7 Å². The van der Waals surface area contributed by atoms with E-state index in [0.717, 1.165) is 11.6 Å². The van der Waals surface area contributed by atoms with E-state index in [1.165, 1.54) is 11.0 Å². The van der Waals surface area contributed by atoms with E-state index in [0.29, 0.717) is 6.54 Å². The third kappa shape index (κ3) is 2.81. The standard InChI is InChI=1S/C12H13F2NO2/c1-7(2)6-15(3)9-5-4-8(12(16)17)10(13)11(9)14/h4-5H,1,6H2,2-3H3,(H,16,17). The molecule has 0 saturated heterocycles. The summed E-state index contributed by atoms with van der Waals surface area (Å²) < 4.78 is 27.0. The molecular weight excluding hydrogens is 228 g/mol. The molecule has 1 rings (SSSR count). The smallest absolute Gasteiger partial charge is 0.338 e. The zero-order chi connectivity index (χ0) is 13.2. The van der Waals surface area contributed by atoms with E-state index in [9.17, 15) is 13.6 Å². The summed E-state index contributed by atoms with van der Waals surface area (Å²) in [6.07, 6.45) is 0. The number of hydrogen-bond acceptors (Lipinski definition) is 2. The van der Waals surface area contributed by atoms with Gasteiger partial charge in [0.1, 0.15) is 0 Å². The average molecular weight is 241 g/mol. The SMILES string of the molecule is C=C(C)CN(C)c1ccc(C(=O)O)c(F)c1F. The summed E-state index contributed by atoms with van der Waals surface area (Å²) in [5, 5.41) is 8.63. The van der Waals surface area contributed by atoms with E-state index in [1.54, 1.807) is 14.0 Å². The van der Waals surface area contributed by atoms with Gasteiger partial charge in [-0.3, -0.25) is 0 Å². The predicted molar refractivity (Wildman–Crippen MR) is 61.4 cm³/mol. The Hall–Kier alpha value is -1.91. The van der Waals surface area contributed by atoms with Crippen molar-refractivity contribution >= 4 is 11.7 Å². The van der Waals surface area contributed by atoms with Gasteiger partial charge in [0.05, 0.1) is 11.3 Å². The van der Waals surface area contributed by atoms with Crippen LogP contribution in [0.3, 0.4) is 0 Å². The largest absolute Gasteiger partial charge is 0.478 e. The summed E-state index contributed by atoms with van der Waals surface area (Å²) in [5.74, 6) is -3.99. The molecule has 92 valence electrons. The normalized spacial score (nSPS) is 10.1. The summed E-state index contributed by atoms with van der Waals surface area (Å²) in [6.45, 7) is 5.79. The van der Waals surface area contributed by atoms with Gasteiger partial charge in [0.15, 0.2) is 11.6 Å². The molecule has 5 heteroatoms. The minimum absolute atomic E-state index is 0.00972. The van der Waals surface area contributed by atoms with Crippen LogP contribution < -0.4 is 4.90 Å². The first-order valence-electron chi connectivity index (χ1n) is 4.91. The van der Waals surface area contributed by atoms with Gasteiger partial charge in [-0.1, -0.05) is 12.2 Å². The first kappa shape index (κ1) is 13.2. The van der Waals surface area contributed by atoms with E-state index in [1.807, 2.05) is 0 Å². The molecule has 0 spiro atoms. The lowest BCUT2D eigenvalue weighted by Gasteiger charge is -2.20. The lowest BCUT2D eigenvalue weighted by Crippen LogP contribution is -2.21. The van der Waals surface area contributed by atoms with Gasteiger partial charge in [-0.15, -0.1) is 0 Å². The van der Waals surface area contributed by atoms with Gasteiger partial charge in [-0.05, 0) is 19.1 Å². The molecule has 0 heterocycles. The molecule has 3 nitrogen and oxygen atoms in total. The third-order valence-corrected chi connectivity index (χ3v) is 2.21. The summed E-state index contributed by atoms with van der Waals surface area (Å²) in [7, 11) is 1.58. The van der Waals surface area contributed by atoms with Crippen LogP contribution in [0.25, 0.3) is 0 Å². The Balaban J connectivity index is 3.16. The van der Waals surface area contributed by atoms with Crippen molar-refractivity contribution in [2.45, 2.75) is 6.92 Å². The molecule has 0 amide bonds. The summed E-state index contributed by atoms with van der Waals surface area (Å²) in [5.41, 5.74) is 0.125. The van der Waals surface area contributed by atoms with Crippen molar-refractivity contribution in [1.82, 2.24) is 0 Å². The fourth-order valence-corrected chi connectivity index (χ4v) is 1.49. The van der Waals surface area contributed by atoms with Crippen molar-refractivity contribution in [2.24, 2.45) is 0 Å². The number of rotatable bonds is 4. The molecular formula is C12H13F2NO2. The molecule has 0 aliphatic rings. The zero-order valence-corrected chi connectivity index (χ0v) is 9.63. The first-order chi connectivity index (χ1) is 7.84. The Kier molecular flexibility index (Phi) is 3.83. The Bertz CT molecular complexity index is 472. The van der Waals surface area contributed by atoms with Gasteiger partial charge in [-0.25, -0.2) is 13.6 Å². The lowest BCUT2D eigenvalue weighted by molar-refractivity contribution is 0.0690. The Morgan fingerprint density at radius 3 is 2.47 bits per heavy atom. The highest BCUT2D eigenvalue weighted by atomic mass is 19.2. The monoisotopic (exact) mass is 241 g/mol. The van der Waals surface area contributed by atoms with E-state index in [4.69, 9.17) is 5.11 Å². The second-order valence-electron chi connectivity index (χ2n) is 3.88. The van der Waals surface area contributed by atoms with Gasteiger partial charge >= 0.3 is 5.97 Å². The molecule has 1 aromatic carbocycles. The molecule has 1 aromatic rings. The highest BCUT2D eigenvalue weighted by molar-refractivity contribution is 5.88. The highest BCUT2D eigenvalue weighted by Crippen LogP contribution is 2.23. The summed E-state index contributed by atoms with van der Waals surface area (Å²) in [6, 6.07) is 2.29. The van der Waals surface area contributed by atoms with Crippen molar-refractivity contribution in [2.75, 3.05) is 18.5 Å². The molecule has 0 aromatic heterocycles. The fraction of sp³-hybridized carbons (Fsp3) is 0.250. The molecule has 0 unspecified atom stereocenters. The average Bonchev–Trinajstić information content (AvgIpc) is 2.20. The van der Waals surface area contributed by atoms with E-state index >= 15 is 0 Å². The summed E-state index contributed by atoms with van der Waals surface area (Å²) >= 11 is 0. The fourth-order valence-electron chi connectivity index (χ4n) is 1.49. The number of aromatic carboxylic acids is 1. The Morgan fingerprint density at radius 2 is 2.00 bits per heavy atom. The number of anilines is 1. The van der Waals surface area contributed by atoms with Crippen LogP contribution in [0.4, 0.5) is 14.5 Å². The number of carboxylic acids is 1. The molecule has 17 heavy (non-hydrogen) atoms. The van der Waals surface area contributed by atoms with Crippen LogP contribution in [0.5, 0.6) is 0 Å². The van der Waals surface area contributed by atoms with E-state index < -0.39 is 23.2 Å². The summed E-state index contributed by atoms with van der Waals surface area (Å²) in [4.78, 5) is 12.1. The minimum Gasteiger partial charge on any atom is -0.478 e. The van der Waals surface area contributed by atoms with E-state index in [2.05, 4.69) is 6.58 Å². The molecule has 0 radical (unpaired) electrons. The maximum absolute atomic E-state index is 13.6. The van der Waals surface area contributed by atoms with Gasteiger partial charge in [0.25, 0.3) is 0 Å². The van der Waals surface area contributed by atoms with Crippen molar-refractivity contribution in [3.63, 3.8) is 0 Å². The predicted octanol–water partition coefficient (Wildman–Crippen LogP) is 2.68. The molecule has 0 bridgehead atoms. The number of benzene rings is 1. The second-order valence-corrected chi connectivity index (χ2v) is 3.88. The van der Waals surface area contributed by atoms with Gasteiger partial charge in [0.2, 0.25) is 0 Å². The van der Waals surface area contributed by atoms with Gasteiger partial charge in [0, 0.05) is 13.6 Å². The number of halogens is 2. The molecule has 0 atom stereocenters. The van der Waals surface area contributed by atoms with Gasteiger partial charge < -0.3 is 10.0 Å². The van der Waals surface area contributed by atoms with Crippen molar-refractivity contribution in [3.8, 4) is 0 Å². The molecule has 1 N–H and O–H groups in total. The quantitative estimate of drug-likeness (QED) is 0.824. The van der Waals surface area contributed by atoms with Crippen LogP contribution in [0.2, 0.25) is 0 Å². The lowest BCUT2D eigenvalue weighted by atomic mass is 10.1. The van der Waals surface area contributed by atoms with Crippen molar-refractivity contribution < 1.29 is 18.7 Å². The first-order valence-corrected chi connectivity index (χ1v) is 4.91. The third-order valence-electron chi connectivity index (χ3n) is 2.21. The van der Waals surface area contributed by atoms with Crippen LogP contribution in [-0.2, 0) is 0 Å². The zero-order valence-electron chi connectivity index (χ0n) is 9.63. The Morgan fingerprint density at radius 1 is 1.41 bits per heavy atom. The number of carboxylic acid groups (broad SMARTS) is 1. The van der Waals surface area contributed by atoms with Crippen LogP contribution >= 0.6 is 0 Å². The molecule has 0 saturated carbocycles. The maximum Gasteiger partial charge on any atom is 0.338 e.